The van der Waals surface area contributed by atoms with Crippen LogP contribution in [-0.2, 0) is 4.79 Å². The zero-order chi connectivity index (χ0) is 20.6. The molecule has 2 N–H and O–H groups in total. The number of benzene rings is 3. The number of para-hydroxylation sites is 1. The summed E-state index contributed by atoms with van der Waals surface area (Å²) in [7, 11) is 1.57. The van der Waals surface area contributed by atoms with E-state index in [2.05, 4.69) is 10.6 Å². The number of hydrogen-bond donors (Lipinski definition) is 2. The minimum atomic E-state index is -0.382. The van der Waals surface area contributed by atoms with Crippen molar-refractivity contribution in [3.05, 3.63) is 83.4 Å². The van der Waals surface area contributed by atoms with Crippen LogP contribution in [0, 0.1) is 0 Å². The van der Waals surface area contributed by atoms with Crippen molar-refractivity contribution in [1.82, 2.24) is 0 Å². The summed E-state index contributed by atoms with van der Waals surface area (Å²) in [5, 5.41) is 6.06. The van der Waals surface area contributed by atoms with Crippen LogP contribution in [0.3, 0.4) is 0 Å². The summed E-state index contributed by atoms with van der Waals surface area (Å²) in [5.41, 5.74) is 1.32. The number of carbonyl (C=O) groups excluding carboxylic acids is 2. The van der Waals surface area contributed by atoms with Gasteiger partial charge in [-0.15, -0.1) is 0 Å². The fourth-order valence-electron chi connectivity index (χ4n) is 2.53. The zero-order valence-corrected chi connectivity index (χ0v) is 16.4. The molecule has 0 atom stereocenters. The van der Waals surface area contributed by atoms with Gasteiger partial charge in [0.05, 0.1) is 18.4 Å². The Balaban J connectivity index is 1.62. The van der Waals surface area contributed by atoms with Crippen molar-refractivity contribution < 1.29 is 19.1 Å². The van der Waals surface area contributed by atoms with Gasteiger partial charge in [-0.1, -0.05) is 23.7 Å². The molecule has 3 rings (SSSR count). The van der Waals surface area contributed by atoms with E-state index in [0.717, 1.165) is 0 Å². The van der Waals surface area contributed by atoms with Crippen molar-refractivity contribution >= 4 is 34.8 Å². The summed E-state index contributed by atoms with van der Waals surface area (Å²) in [5.74, 6) is 0.504. The van der Waals surface area contributed by atoms with Gasteiger partial charge in [0.15, 0.2) is 6.61 Å². The molecule has 0 heterocycles. The van der Waals surface area contributed by atoms with Gasteiger partial charge in [-0.05, 0) is 60.7 Å². The highest BCUT2D eigenvalue weighted by Gasteiger charge is 2.14. The first kappa shape index (κ1) is 20.2. The molecule has 0 spiro atoms. The first-order valence-corrected chi connectivity index (χ1v) is 9.15. The maximum absolute atomic E-state index is 12.6. The average Bonchev–Trinajstić information content (AvgIpc) is 2.74. The van der Waals surface area contributed by atoms with Crippen LogP contribution in [0.4, 0.5) is 11.4 Å². The summed E-state index contributed by atoms with van der Waals surface area (Å²) >= 11 is 5.86. The number of ether oxygens (including phenoxy) is 2. The average molecular weight is 411 g/mol. The first-order chi connectivity index (χ1) is 14.0. The molecule has 3 aromatic rings. The van der Waals surface area contributed by atoms with Gasteiger partial charge in [0.2, 0.25) is 0 Å². The molecule has 0 aliphatic carbocycles. The van der Waals surface area contributed by atoms with E-state index < -0.39 is 0 Å². The van der Waals surface area contributed by atoms with Crippen molar-refractivity contribution in [2.24, 2.45) is 0 Å². The molecule has 6 nitrogen and oxygen atoms in total. The van der Waals surface area contributed by atoms with E-state index in [0.29, 0.717) is 33.5 Å². The van der Waals surface area contributed by atoms with Gasteiger partial charge in [0, 0.05) is 10.7 Å². The molecule has 0 bridgehead atoms. The largest absolute Gasteiger partial charge is 0.497 e. The second-order valence-electron chi connectivity index (χ2n) is 6.02. The monoisotopic (exact) mass is 410 g/mol. The number of rotatable bonds is 7. The van der Waals surface area contributed by atoms with E-state index in [-0.39, 0.29) is 18.4 Å². The molecule has 0 aliphatic heterocycles. The lowest BCUT2D eigenvalue weighted by Gasteiger charge is -2.12. The molecule has 3 aromatic carbocycles. The van der Waals surface area contributed by atoms with Crippen molar-refractivity contribution in [2.75, 3.05) is 24.4 Å². The van der Waals surface area contributed by atoms with Crippen LogP contribution in [0.5, 0.6) is 11.5 Å². The summed E-state index contributed by atoms with van der Waals surface area (Å²) in [6.07, 6.45) is 0. The Morgan fingerprint density at radius 1 is 0.862 bits per heavy atom. The van der Waals surface area contributed by atoms with Gasteiger partial charge in [0.25, 0.3) is 11.8 Å². The fraction of sp³-hybridized carbons (Fsp3) is 0.0909. The number of carbonyl (C=O) groups is 2. The summed E-state index contributed by atoms with van der Waals surface area (Å²) in [6.45, 7) is -0.195. The number of hydrogen-bond acceptors (Lipinski definition) is 4. The van der Waals surface area contributed by atoms with Crippen LogP contribution >= 0.6 is 11.6 Å². The zero-order valence-electron chi connectivity index (χ0n) is 15.6. The maximum Gasteiger partial charge on any atom is 0.262 e. The van der Waals surface area contributed by atoms with Crippen molar-refractivity contribution in [3.8, 4) is 11.5 Å². The van der Waals surface area contributed by atoms with E-state index in [1.807, 2.05) is 0 Å². The molecule has 0 aliphatic rings. The number of nitrogens with one attached hydrogen (secondary N) is 2. The number of amides is 2. The smallest absolute Gasteiger partial charge is 0.262 e. The van der Waals surface area contributed by atoms with Crippen LogP contribution < -0.4 is 20.1 Å². The van der Waals surface area contributed by atoms with Crippen molar-refractivity contribution in [1.29, 1.82) is 0 Å². The van der Waals surface area contributed by atoms with Gasteiger partial charge >= 0.3 is 0 Å². The molecule has 0 fully saturated rings. The molecule has 29 heavy (non-hydrogen) atoms. The summed E-state index contributed by atoms with van der Waals surface area (Å²) in [4.78, 5) is 24.9. The van der Waals surface area contributed by atoms with Crippen molar-refractivity contribution in [3.63, 3.8) is 0 Å². The first-order valence-electron chi connectivity index (χ1n) is 8.78. The Bertz CT molecular complexity index is 988. The summed E-state index contributed by atoms with van der Waals surface area (Å²) < 4.78 is 10.5. The third-order valence-corrected chi connectivity index (χ3v) is 4.23. The molecule has 7 heteroatoms. The molecule has 148 valence electrons. The van der Waals surface area contributed by atoms with Gasteiger partial charge in [-0.25, -0.2) is 0 Å². The second kappa shape index (κ2) is 9.61. The quantitative estimate of drug-likeness (QED) is 0.596. The number of anilines is 2. The van der Waals surface area contributed by atoms with E-state index in [4.69, 9.17) is 21.1 Å². The topological polar surface area (TPSA) is 76.7 Å². The predicted molar refractivity (Wildman–Crippen MR) is 113 cm³/mol. The van der Waals surface area contributed by atoms with Crippen LogP contribution in [0.15, 0.2) is 72.8 Å². The number of methoxy groups -OCH3 is 1. The molecule has 0 aromatic heterocycles. The van der Waals surface area contributed by atoms with E-state index >= 15 is 0 Å². The molecule has 0 saturated carbocycles. The Morgan fingerprint density at radius 2 is 1.52 bits per heavy atom. The molecule has 2 amide bonds. The Labute approximate surface area is 173 Å². The summed E-state index contributed by atoms with van der Waals surface area (Å²) in [6, 6.07) is 20.4. The molecular formula is C22H19ClN2O4. The lowest BCUT2D eigenvalue weighted by Crippen LogP contribution is -2.22. The van der Waals surface area contributed by atoms with Crippen LogP contribution in [0.25, 0.3) is 0 Å². The maximum atomic E-state index is 12.6. The van der Waals surface area contributed by atoms with Crippen LogP contribution in [-0.4, -0.2) is 25.5 Å². The van der Waals surface area contributed by atoms with Crippen LogP contribution in [0.2, 0.25) is 5.02 Å². The highest BCUT2D eigenvalue weighted by atomic mass is 35.5. The fourth-order valence-corrected chi connectivity index (χ4v) is 2.65. The van der Waals surface area contributed by atoms with Gasteiger partial charge < -0.3 is 20.1 Å². The highest BCUT2D eigenvalue weighted by molar-refractivity contribution is 6.30. The molecular weight excluding hydrogens is 392 g/mol. The molecule has 0 radical (unpaired) electrons. The minimum absolute atomic E-state index is 0.195. The SMILES string of the molecule is COc1ccc(OCC(=O)Nc2ccccc2C(=O)Nc2ccc(Cl)cc2)cc1. The molecule has 0 saturated heterocycles. The Kier molecular flexibility index (Phi) is 6.71. The Morgan fingerprint density at radius 3 is 2.21 bits per heavy atom. The second-order valence-corrected chi connectivity index (χ2v) is 6.46. The lowest BCUT2D eigenvalue weighted by molar-refractivity contribution is -0.118. The van der Waals surface area contributed by atoms with Gasteiger partial charge in [-0.2, -0.15) is 0 Å². The minimum Gasteiger partial charge on any atom is -0.497 e. The third-order valence-electron chi connectivity index (χ3n) is 3.98. The highest BCUT2D eigenvalue weighted by Crippen LogP contribution is 2.20. The molecule has 0 unspecified atom stereocenters. The Hall–Kier alpha value is -3.51. The van der Waals surface area contributed by atoms with Crippen LogP contribution in [0.1, 0.15) is 10.4 Å². The standard InChI is InChI=1S/C22H19ClN2O4/c1-28-17-10-12-18(13-11-17)29-14-21(26)25-20-5-3-2-4-19(20)22(27)24-16-8-6-15(23)7-9-16/h2-13H,14H2,1H3,(H,24,27)(H,25,26). The van der Waals surface area contributed by atoms with Gasteiger partial charge in [-0.3, -0.25) is 9.59 Å². The predicted octanol–water partition coefficient (Wildman–Crippen LogP) is 4.62. The van der Waals surface area contributed by atoms with E-state index in [1.165, 1.54) is 0 Å². The normalized spacial score (nSPS) is 10.1. The lowest BCUT2D eigenvalue weighted by atomic mass is 10.1. The third kappa shape index (κ3) is 5.73. The van der Waals surface area contributed by atoms with E-state index in [9.17, 15) is 9.59 Å². The van der Waals surface area contributed by atoms with E-state index in [1.54, 1.807) is 79.9 Å². The number of halogens is 1. The van der Waals surface area contributed by atoms with Gasteiger partial charge in [0.1, 0.15) is 11.5 Å². The van der Waals surface area contributed by atoms with Crippen molar-refractivity contribution in [2.45, 2.75) is 0 Å².